The topological polar surface area (TPSA) is 54.4 Å². The lowest BCUT2D eigenvalue weighted by Gasteiger charge is -2.45. The number of nitrogens with zero attached hydrogens (tertiary/aromatic N) is 1. The Balaban J connectivity index is 1.56. The number of fused-ring (bicyclic) bond motifs is 1. The fourth-order valence-electron chi connectivity index (χ4n) is 3.86. The number of aliphatic hydroxyl groups is 1. The minimum absolute atomic E-state index is 0.145. The van der Waals surface area contributed by atoms with Crippen LogP contribution in [0, 0.1) is 5.41 Å². The average molecular weight is 318 g/mol. The number of aromatic nitrogens is 1. The van der Waals surface area contributed by atoms with Crippen molar-refractivity contribution in [3.8, 4) is 0 Å². The van der Waals surface area contributed by atoms with Gasteiger partial charge in [-0.15, -0.1) is 0 Å². The van der Waals surface area contributed by atoms with Crippen LogP contribution < -0.4 is 5.32 Å². The summed E-state index contributed by atoms with van der Waals surface area (Å²) in [5.74, 6) is 0. The summed E-state index contributed by atoms with van der Waals surface area (Å²) in [7, 11) is 0. The number of pyridine rings is 1. The molecule has 1 aliphatic carbocycles. The molecule has 0 saturated carbocycles. The van der Waals surface area contributed by atoms with Gasteiger partial charge in [0, 0.05) is 55.9 Å². The molecule has 1 atom stereocenters. The first-order valence-electron chi connectivity index (χ1n) is 8.96. The lowest BCUT2D eigenvalue weighted by molar-refractivity contribution is -0.131. The van der Waals surface area contributed by atoms with Gasteiger partial charge in [0.2, 0.25) is 0 Å². The molecule has 1 unspecified atom stereocenters. The summed E-state index contributed by atoms with van der Waals surface area (Å²) in [4.78, 5) is 4.53. The molecule has 0 amide bonds. The van der Waals surface area contributed by atoms with Crippen molar-refractivity contribution in [3.05, 3.63) is 29.6 Å². The van der Waals surface area contributed by atoms with Crippen molar-refractivity contribution in [1.29, 1.82) is 0 Å². The molecule has 0 aromatic carbocycles. The molecule has 23 heavy (non-hydrogen) atoms. The normalized spacial score (nSPS) is 24.7. The molecule has 2 N–H and O–H groups in total. The van der Waals surface area contributed by atoms with Gasteiger partial charge in [-0.3, -0.25) is 4.98 Å². The Kier molecular flexibility index (Phi) is 5.04. The van der Waals surface area contributed by atoms with Crippen LogP contribution in [0.15, 0.2) is 18.3 Å². The van der Waals surface area contributed by atoms with Crippen LogP contribution >= 0.6 is 0 Å². The van der Waals surface area contributed by atoms with E-state index >= 15 is 0 Å². The minimum atomic E-state index is -0.618. The highest BCUT2D eigenvalue weighted by molar-refractivity contribution is 5.21. The molecule has 1 aliphatic heterocycles. The highest BCUT2D eigenvalue weighted by Gasteiger charge is 2.44. The number of hydrogen-bond donors (Lipinski definition) is 2. The molecule has 128 valence electrons. The van der Waals surface area contributed by atoms with Gasteiger partial charge >= 0.3 is 0 Å². The van der Waals surface area contributed by atoms with Gasteiger partial charge in [0.25, 0.3) is 0 Å². The van der Waals surface area contributed by atoms with Crippen molar-refractivity contribution in [2.45, 2.75) is 64.0 Å². The summed E-state index contributed by atoms with van der Waals surface area (Å²) in [5, 5.41) is 14.7. The van der Waals surface area contributed by atoms with Crippen molar-refractivity contribution in [3.63, 3.8) is 0 Å². The van der Waals surface area contributed by atoms with Crippen LogP contribution in [0.1, 0.15) is 50.8 Å². The predicted molar refractivity (Wildman–Crippen MR) is 91.5 cm³/mol. The van der Waals surface area contributed by atoms with E-state index in [9.17, 15) is 5.11 Å². The van der Waals surface area contributed by atoms with Crippen LogP contribution in [0.4, 0.5) is 0 Å². The number of nitrogens with one attached hydrogen (secondary N) is 1. The Morgan fingerprint density at radius 3 is 2.83 bits per heavy atom. The molecule has 2 aliphatic rings. The summed E-state index contributed by atoms with van der Waals surface area (Å²) >= 11 is 0. The second-order valence-electron chi connectivity index (χ2n) is 7.79. The molecule has 1 aromatic rings. The molecule has 0 bridgehead atoms. The molecule has 3 rings (SSSR count). The van der Waals surface area contributed by atoms with Crippen LogP contribution in [-0.2, 0) is 17.6 Å². The summed E-state index contributed by atoms with van der Waals surface area (Å²) in [5.41, 5.74) is 1.90. The van der Waals surface area contributed by atoms with Crippen molar-refractivity contribution < 1.29 is 9.84 Å². The zero-order valence-electron chi connectivity index (χ0n) is 14.5. The summed E-state index contributed by atoms with van der Waals surface area (Å²) < 4.78 is 5.42. The molecule has 4 heteroatoms. The summed E-state index contributed by atoms with van der Waals surface area (Å²) in [6.07, 6.45) is 7.80. The summed E-state index contributed by atoms with van der Waals surface area (Å²) in [6, 6.07) is 4.75. The van der Waals surface area contributed by atoms with E-state index in [4.69, 9.17) is 4.74 Å². The maximum Gasteiger partial charge on any atom is 0.0754 e. The van der Waals surface area contributed by atoms with Crippen molar-refractivity contribution >= 4 is 0 Å². The molecule has 1 saturated heterocycles. The second kappa shape index (κ2) is 6.88. The highest BCUT2D eigenvalue weighted by Crippen LogP contribution is 2.38. The Morgan fingerprint density at radius 1 is 1.30 bits per heavy atom. The molecule has 1 aromatic heterocycles. The first kappa shape index (κ1) is 16.9. The highest BCUT2D eigenvalue weighted by atomic mass is 16.5. The van der Waals surface area contributed by atoms with E-state index in [1.54, 1.807) is 0 Å². The van der Waals surface area contributed by atoms with Gasteiger partial charge in [-0.05, 0) is 37.3 Å². The average Bonchev–Trinajstić information content (AvgIpc) is 2.76. The maximum absolute atomic E-state index is 11.0. The number of ether oxygens (including phenoxy) is 1. The number of rotatable bonds is 4. The van der Waals surface area contributed by atoms with Crippen LogP contribution in [0.3, 0.4) is 0 Å². The second-order valence-corrected chi connectivity index (χ2v) is 7.79. The van der Waals surface area contributed by atoms with Gasteiger partial charge in [-0.2, -0.15) is 0 Å². The Bertz CT molecular complexity index is 497. The van der Waals surface area contributed by atoms with Gasteiger partial charge in [0.05, 0.1) is 5.60 Å². The van der Waals surface area contributed by atoms with E-state index in [-0.39, 0.29) is 5.41 Å². The van der Waals surface area contributed by atoms with Crippen LogP contribution in [0.5, 0.6) is 0 Å². The molecular weight excluding hydrogens is 288 g/mol. The van der Waals surface area contributed by atoms with E-state index < -0.39 is 5.60 Å². The minimum Gasteiger partial charge on any atom is -0.389 e. The fourth-order valence-corrected chi connectivity index (χ4v) is 3.86. The van der Waals surface area contributed by atoms with Crippen molar-refractivity contribution in [1.82, 2.24) is 10.3 Å². The third-order valence-electron chi connectivity index (χ3n) is 5.89. The van der Waals surface area contributed by atoms with Crippen LogP contribution in [0.2, 0.25) is 0 Å². The third-order valence-corrected chi connectivity index (χ3v) is 5.89. The first-order valence-corrected chi connectivity index (χ1v) is 8.96. The smallest absolute Gasteiger partial charge is 0.0754 e. The van der Waals surface area contributed by atoms with Gasteiger partial charge in [0.15, 0.2) is 0 Å². The maximum atomic E-state index is 11.0. The van der Waals surface area contributed by atoms with E-state index in [2.05, 4.69) is 30.2 Å². The zero-order chi connectivity index (χ0) is 16.3. The van der Waals surface area contributed by atoms with Crippen molar-refractivity contribution in [2.75, 3.05) is 19.8 Å². The lowest BCUT2D eigenvalue weighted by Crippen LogP contribution is -2.54. The largest absolute Gasteiger partial charge is 0.389 e. The van der Waals surface area contributed by atoms with E-state index in [0.29, 0.717) is 19.3 Å². The molecule has 4 nitrogen and oxygen atoms in total. The number of hydrogen-bond acceptors (Lipinski definition) is 4. The Morgan fingerprint density at radius 2 is 2.04 bits per heavy atom. The van der Waals surface area contributed by atoms with Crippen molar-refractivity contribution in [2.24, 2.45) is 5.41 Å². The van der Waals surface area contributed by atoms with Gasteiger partial charge in [-0.25, -0.2) is 0 Å². The summed E-state index contributed by atoms with van der Waals surface area (Å²) in [6.45, 7) is 6.54. The third kappa shape index (κ3) is 3.76. The molecule has 1 fully saturated rings. The number of aryl methyl sites for hydroxylation is 2. The SMILES string of the molecule is CC(C)(CNC1CCc2cccnc2CC1)C1(O)CCOCC1. The molecule has 0 radical (unpaired) electrons. The Labute approximate surface area is 139 Å². The van der Waals surface area contributed by atoms with E-state index in [1.165, 1.54) is 11.3 Å². The molecule has 2 heterocycles. The first-order chi connectivity index (χ1) is 11.0. The van der Waals surface area contributed by atoms with Gasteiger partial charge in [0.1, 0.15) is 0 Å². The predicted octanol–water partition coefficient (Wildman–Crippen LogP) is 2.49. The lowest BCUT2D eigenvalue weighted by atomic mass is 9.70. The Hall–Kier alpha value is -0.970. The fraction of sp³-hybridized carbons (Fsp3) is 0.737. The quantitative estimate of drug-likeness (QED) is 0.838. The standard InChI is InChI=1S/C19H30N2O2/c1-18(2,19(22)9-12-23-13-10-19)14-21-16-6-5-15-4-3-11-20-17(15)8-7-16/h3-4,11,16,21-22H,5-10,12-14H2,1-2H3. The van der Waals surface area contributed by atoms with Gasteiger partial charge in [-0.1, -0.05) is 19.9 Å². The van der Waals surface area contributed by atoms with E-state index in [0.717, 1.165) is 45.1 Å². The van der Waals surface area contributed by atoms with Crippen LogP contribution in [0.25, 0.3) is 0 Å². The molecular formula is C19H30N2O2. The molecule has 0 spiro atoms. The zero-order valence-corrected chi connectivity index (χ0v) is 14.5. The van der Waals surface area contributed by atoms with Crippen LogP contribution in [-0.4, -0.2) is 41.5 Å². The monoisotopic (exact) mass is 318 g/mol. The van der Waals surface area contributed by atoms with Gasteiger partial charge < -0.3 is 15.2 Å². The van der Waals surface area contributed by atoms with E-state index in [1.807, 2.05) is 12.3 Å².